The Labute approximate surface area is 156 Å². The monoisotopic (exact) mass is 408 g/mol. The fourth-order valence-corrected chi connectivity index (χ4v) is 2.57. The van der Waals surface area contributed by atoms with Crippen LogP contribution in [0.2, 0.25) is 0 Å². The molecule has 0 saturated carbocycles. The van der Waals surface area contributed by atoms with Gasteiger partial charge in [0, 0.05) is 16.2 Å². The molecule has 4 nitrogen and oxygen atoms in total. The van der Waals surface area contributed by atoms with Crippen LogP contribution in [0, 0.1) is 5.82 Å². The van der Waals surface area contributed by atoms with E-state index in [2.05, 4.69) is 20.9 Å². The highest BCUT2D eigenvalue weighted by atomic mass is 79.9. The second kappa shape index (κ2) is 7.95. The van der Waals surface area contributed by atoms with Gasteiger partial charge in [-0.05, 0) is 61.8 Å². The minimum atomic E-state index is -0.641. The molecule has 0 unspecified atom stereocenters. The molecule has 0 saturated heterocycles. The number of nitrogens with zero attached hydrogens (tertiary/aromatic N) is 2. The zero-order valence-corrected chi connectivity index (χ0v) is 16.4. The molecule has 0 aliphatic heterocycles. The van der Waals surface area contributed by atoms with E-state index in [0.29, 0.717) is 11.3 Å². The number of halogens is 2. The Morgan fingerprint density at radius 1 is 1.28 bits per heavy atom. The number of carbonyl (C=O) groups excluding carboxylic acids is 1. The average Bonchev–Trinajstić information content (AvgIpc) is 2.52. The largest absolute Gasteiger partial charge is 0.444 e. The fourth-order valence-electron chi connectivity index (χ4n) is 2.34. The van der Waals surface area contributed by atoms with Gasteiger partial charge in [-0.3, -0.25) is 9.88 Å². The van der Waals surface area contributed by atoms with Crippen LogP contribution in [0.1, 0.15) is 45.0 Å². The van der Waals surface area contributed by atoms with E-state index in [1.54, 1.807) is 52.1 Å². The molecule has 1 heterocycles. The third-order valence-corrected chi connectivity index (χ3v) is 4.04. The SMILES string of the molecule is C[C@H](c1ccccc1F)N(Cc1ccc(Br)cn1)C(=O)OC(C)(C)C. The van der Waals surface area contributed by atoms with Gasteiger partial charge in [-0.1, -0.05) is 18.2 Å². The standard InChI is InChI=1S/C19H22BrFN2O2/c1-13(16-7-5-6-8-17(16)21)23(18(24)25-19(2,3)4)12-15-10-9-14(20)11-22-15/h5-11,13H,12H2,1-4H3/t13-/m1/s1. The predicted molar refractivity (Wildman–Crippen MR) is 98.5 cm³/mol. The summed E-state index contributed by atoms with van der Waals surface area (Å²) in [5.41, 5.74) is 0.486. The van der Waals surface area contributed by atoms with Gasteiger partial charge in [0.05, 0.1) is 18.3 Å². The maximum atomic E-state index is 14.2. The third kappa shape index (κ3) is 5.53. The number of hydrogen-bond donors (Lipinski definition) is 0. The molecule has 134 valence electrons. The molecule has 2 rings (SSSR count). The number of aromatic nitrogens is 1. The Kier molecular flexibility index (Phi) is 6.16. The van der Waals surface area contributed by atoms with Crippen LogP contribution in [-0.2, 0) is 11.3 Å². The van der Waals surface area contributed by atoms with Gasteiger partial charge in [-0.15, -0.1) is 0 Å². The molecule has 0 bridgehead atoms. The van der Waals surface area contributed by atoms with Crippen molar-refractivity contribution in [1.29, 1.82) is 0 Å². The van der Waals surface area contributed by atoms with Gasteiger partial charge in [0.2, 0.25) is 0 Å². The molecule has 0 N–H and O–H groups in total. The first-order valence-electron chi connectivity index (χ1n) is 8.02. The number of rotatable bonds is 4. The molecule has 1 atom stereocenters. The summed E-state index contributed by atoms with van der Waals surface area (Å²) < 4.78 is 20.5. The van der Waals surface area contributed by atoms with Crippen LogP contribution < -0.4 is 0 Å². The molecule has 0 spiro atoms. The first kappa shape index (κ1) is 19.4. The van der Waals surface area contributed by atoms with E-state index in [9.17, 15) is 9.18 Å². The molecule has 25 heavy (non-hydrogen) atoms. The van der Waals surface area contributed by atoms with Crippen LogP contribution in [0.4, 0.5) is 9.18 Å². The number of benzene rings is 1. The van der Waals surface area contributed by atoms with Crippen molar-refractivity contribution >= 4 is 22.0 Å². The molecule has 0 aliphatic rings. The van der Waals surface area contributed by atoms with E-state index in [1.165, 1.54) is 11.0 Å². The van der Waals surface area contributed by atoms with Crippen LogP contribution in [0.3, 0.4) is 0 Å². The lowest BCUT2D eigenvalue weighted by atomic mass is 10.1. The number of pyridine rings is 1. The summed E-state index contributed by atoms with van der Waals surface area (Å²) in [5.74, 6) is -0.354. The molecule has 6 heteroatoms. The molecule has 0 radical (unpaired) electrons. The summed E-state index contributed by atoms with van der Waals surface area (Å²) in [6.07, 6.45) is 1.16. The maximum absolute atomic E-state index is 14.2. The number of amides is 1. The lowest BCUT2D eigenvalue weighted by Crippen LogP contribution is -2.38. The number of carbonyl (C=O) groups is 1. The second-order valence-corrected chi connectivity index (χ2v) is 7.69. The first-order valence-corrected chi connectivity index (χ1v) is 8.81. The van der Waals surface area contributed by atoms with Gasteiger partial charge in [0.15, 0.2) is 0 Å². The van der Waals surface area contributed by atoms with Crippen LogP contribution in [0.25, 0.3) is 0 Å². The van der Waals surface area contributed by atoms with Crippen molar-refractivity contribution in [3.63, 3.8) is 0 Å². The predicted octanol–water partition coefficient (Wildman–Crippen LogP) is 5.48. The van der Waals surface area contributed by atoms with E-state index in [0.717, 1.165) is 4.47 Å². The Morgan fingerprint density at radius 3 is 2.52 bits per heavy atom. The van der Waals surface area contributed by atoms with Crippen LogP contribution >= 0.6 is 15.9 Å². The van der Waals surface area contributed by atoms with Gasteiger partial charge < -0.3 is 4.74 Å². The van der Waals surface area contributed by atoms with Crippen molar-refractivity contribution in [2.45, 2.75) is 45.9 Å². The Hall–Kier alpha value is -1.95. The van der Waals surface area contributed by atoms with E-state index in [-0.39, 0.29) is 12.4 Å². The summed E-state index contributed by atoms with van der Waals surface area (Å²) in [6.45, 7) is 7.40. The van der Waals surface area contributed by atoms with Gasteiger partial charge in [0.25, 0.3) is 0 Å². The molecular weight excluding hydrogens is 387 g/mol. The van der Waals surface area contributed by atoms with Crippen molar-refractivity contribution < 1.29 is 13.9 Å². The molecule has 1 aromatic heterocycles. The highest BCUT2D eigenvalue weighted by molar-refractivity contribution is 9.10. The quantitative estimate of drug-likeness (QED) is 0.672. The number of hydrogen-bond acceptors (Lipinski definition) is 3. The highest BCUT2D eigenvalue weighted by Gasteiger charge is 2.28. The van der Waals surface area contributed by atoms with Crippen molar-refractivity contribution in [3.8, 4) is 0 Å². The van der Waals surface area contributed by atoms with Crippen LogP contribution in [0.5, 0.6) is 0 Å². The third-order valence-electron chi connectivity index (χ3n) is 3.57. The molecule has 0 aliphatic carbocycles. The van der Waals surface area contributed by atoms with Gasteiger partial charge >= 0.3 is 6.09 Å². The van der Waals surface area contributed by atoms with E-state index in [1.807, 2.05) is 12.1 Å². The smallest absolute Gasteiger partial charge is 0.411 e. The molecular formula is C19H22BrFN2O2. The van der Waals surface area contributed by atoms with Gasteiger partial charge in [-0.25, -0.2) is 9.18 Å². The summed E-state index contributed by atoms with van der Waals surface area (Å²) >= 11 is 3.34. The summed E-state index contributed by atoms with van der Waals surface area (Å²) in [5, 5.41) is 0. The van der Waals surface area contributed by atoms with E-state index >= 15 is 0 Å². The normalized spacial score (nSPS) is 12.6. The zero-order chi connectivity index (χ0) is 18.6. The van der Waals surface area contributed by atoms with Crippen molar-refractivity contribution in [2.24, 2.45) is 0 Å². The molecule has 1 aromatic carbocycles. The zero-order valence-electron chi connectivity index (χ0n) is 14.8. The lowest BCUT2D eigenvalue weighted by Gasteiger charge is -2.32. The van der Waals surface area contributed by atoms with E-state index < -0.39 is 17.7 Å². The summed E-state index contributed by atoms with van der Waals surface area (Å²) in [4.78, 5) is 18.5. The van der Waals surface area contributed by atoms with Crippen molar-refractivity contribution in [1.82, 2.24) is 9.88 Å². The number of ether oxygens (including phenoxy) is 1. The van der Waals surface area contributed by atoms with Crippen molar-refractivity contribution in [3.05, 3.63) is 64.1 Å². The first-order chi connectivity index (χ1) is 11.7. The minimum absolute atomic E-state index is 0.220. The highest BCUT2D eigenvalue weighted by Crippen LogP contribution is 2.26. The van der Waals surface area contributed by atoms with E-state index in [4.69, 9.17) is 4.74 Å². The molecule has 2 aromatic rings. The topological polar surface area (TPSA) is 42.4 Å². The Balaban J connectivity index is 2.32. The minimum Gasteiger partial charge on any atom is -0.444 e. The summed E-state index contributed by atoms with van der Waals surface area (Å²) in [6, 6.07) is 9.60. The Bertz CT molecular complexity index is 729. The maximum Gasteiger partial charge on any atom is 0.411 e. The molecule has 1 amide bonds. The second-order valence-electron chi connectivity index (χ2n) is 6.77. The fraction of sp³-hybridized carbons (Fsp3) is 0.368. The summed E-state index contributed by atoms with van der Waals surface area (Å²) in [7, 11) is 0. The van der Waals surface area contributed by atoms with Gasteiger partial charge in [-0.2, -0.15) is 0 Å². The van der Waals surface area contributed by atoms with Crippen molar-refractivity contribution in [2.75, 3.05) is 0 Å². The Morgan fingerprint density at radius 2 is 1.96 bits per heavy atom. The lowest BCUT2D eigenvalue weighted by molar-refractivity contribution is 0.0147. The van der Waals surface area contributed by atoms with Crippen LogP contribution in [0.15, 0.2) is 47.1 Å². The average molecular weight is 409 g/mol. The van der Waals surface area contributed by atoms with Crippen LogP contribution in [-0.4, -0.2) is 21.6 Å². The molecule has 0 fully saturated rings. The van der Waals surface area contributed by atoms with Gasteiger partial charge in [0.1, 0.15) is 11.4 Å².